The second-order valence-electron chi connectivity index (χ2n) is 3.18. The fourth-order valence-corrected chi connectivity index (χ4v) is 1.25. The summed E-state index contributed by atoms with van der Waals surface area (Å²) in [6, 6.07) is 8.26. The maximum Gasteiger partial charge on any atom is 0.0722 e. The molecule has 0 saturated carbocycles. The molecule has 1 rings (SSSR count). The maximum atomic E-state index is 5.45. The van der Waals surface area contributed by atoms with Gasteiger partial charge >= 0.3 is 0 Å². The van der Waals surface area contributed by atoms with Crippen molar-refractivity contribution in [2.75, 3.05) is 12.4 Å². The summed E-state index contributed by atoms with van der Waals surface area (Å²) in [6.45, 7) is 2.14. The molecule has 3 heteroatoms. The molecule has 1 aromatic rings. The standard InChI is InChI=1S/C12H17N3/c1-3-10-4-6-11(7-5-10)15-12(8-13)9-14-2/h4-9,15H,3,13H2,1-2H3/b12-8+,14-9?. The highest BCUT2D eigenvalue weighted by Crippen LogP contribution is 2.11. The first-order valence-corrected chi connectivity index (χ1v) is 5.00. The van der Waals surface area contributed by atoms with E-state index in [0.29, 0.717) is 0 Å². The second kappa shape index (κ2) is 5.86. The zero-order valence-electron chi connectivity index (χ0n) is 9.20. The first-order chi connectivity index (χ1) is 7.30. The van der Waals surface area contributed by atoms with Crippen molar-refractivity contribution in [1.82, 2.24) is 0 Å². The lowest BCUT2D eigenvalue weighted by molar-refractivity contribution is 1.14. The molecule has 0 atom stereocenters. The Morgan fingerprint density at radius 2 is 2.07 bits per heavy atom. The average Bonchev–Trinajstić information content (AvgIpc) is 2.29. The summed E-state index contributed by atoms with van der Waals surface area (Å²) in [5, 5.41) is 3.17. The first kappa shape index (κ1) is 11.3. The molecule has 0 amide bonds. The molecule has 0 spiro atoms. The molecule has 0 heterocycles. The predicted octanol–water partition coefficient (Wildman–Crippen LogP) is 2.16. The van der Waals surface area contributed by atoms with Crippen molar-refractivity contribution in [1.29, 1.82) is 0 Å². The Hall–Kier alpha value is -1.77. The molecular weight excluding hydrogens is 186 g/mol. The molecule has 0 radical (unpaired) electrons. The highest BCUT2D eigenvalue weighted by molar-refractivity contribution is 5.82. The van der Waals surface area contributed by atoms with Crippen LogP contribution in [0.25, 0.3) is 0 Å². The van der Waals surface area contributed by atoms with Crippen LogP contribution >= 0.6 is 0 Å². The van der Waals surface area contributed by atoms with Gasteiger partial charge in [-0.25, -0.2) is 0 Å². The van der Waals surface area contributed by atoms with Crippen LogP contribution in [0.4, 0.5) is 5.69 Å². The number of allylic oxidation sites excluding steroid dienone is 1. The van der Waals surface area contributed by atoms with Crippen LogP contribution in [0.2, 0.25) is 0 Å². The topological polar surface area (TPSA) is 50.4 Å². The number of aryl methyl sites for hydroxylation is 1. The van der Waals surface area contributed by atoms with E-state index >= 15 is 0 Å². The van der Waals surface area contributed by atoms with E-state index in [1.165, 1.54) is 11.8 Å². The number of hydrogen-bond donors (Lipinski definition) is 2. The van der Waals surface area contributed by atoms with Gasteiger partial charge in [-0.15, -0.1) is 0 Å². The molecule has 0 unspecified atom stereocenters. The predicted molar refractivity (Wildman–Crippen MR) is 66.1 cm³/mol. The van der Waals surface area contributed by atoms with Gasteiger partial charge in [-0.3, -0.25) is 4.99 Å². The SMILES string of the molecule is CCc1ccc(N/C(C=NC)=C/N)cc1. The fourth-order valence-electron chi connectivity index (χ4n) is 1.25. The lowest BCUT2D eigenvalue weighted by atomic mass is 10.1. The third-order valence-electron chi connectivity index (χ3n) is 2.10. The van der Waals surface area contributed by atoms with Crippen molar-refractivity contribution >= 4 is 11.9 Å². The highest BCUT2D eigenvalue weighted by atomic mass is 14.9. The summed E-state index contributed by atoms with van der Waals surface area (Å²) in [7, 11) is 1.71. The van der Waals surface area contributed by atoms with Gasteiger partial charge in [-0.1, -0.05) is 19.1 Å². The van der Waals surface area contributed by atoms with Crippen LogP contribution < -0.4 is 11.1 Å². The van der Waals surface area contributed by atoms with E-state index in [2.05, 4.69) is 29.4 Å². The maximum absolute atomic E-state index is 5.45. The molecule has 3 N–H and O–H groups in total. The van der Waals surface area contributed by atoms with Gasteiger partial charge in [0.1, 0.15) is 0 Å². The molecule has 0 aliphatic carbocycles. The number of nitrogens with zero attached hydrogens (tertiary/aromatic N) is 1. The van der Waals surface area contributed by atoms with Gasteiger partial charge in [-0.2, -0.15) is 0 Å². The first-order valence-electron chi connectivity index (χ1n) is 5.00. The fraction of sp³-hybridized carbons (Fsp3) is 0.250. The molecule has 1 aromatic carbocycles. The Kier molecular flexibility index (Phi) is 4.41. The Balaban J connectivity index is 2.72. The normalized spacial score (nSPS) is 12.0. The monoisotopic (exact) mass is 203 g/mol. The molecule has 15 heavy (non-hydrogen) atoms. The van der Waals surface area contributed by atoms with E-state index in [1.54, 1.807) is 13.3 Å². The Morgan fingerprint density at radius 3 is 2.53 bits per heavy atom. The summed E-state index contributed by atoms with van der Waals surface area (Å²) >= 11 is 0. The van der Waals surface area contributed by atoms with Gasteiger partial charge in [0.2, 0.25) is 0 Å². The number of nitrogens with two attached hydrogens (primary N) is 1. The van der Waals surface area contributed by atoms with E-state index in [9.17, 15) is 0 Å². The largest absolute Gasteiger partial charge is 0.403 e. The smallest absolute Gasteiger partial charge is 0.0722 e. The van der Waals surface area contributed by atoms with Crippen molar-refractivity contribution in [2.45, 2.75) is 13.3 Å². The van der Waals surface area contributed by atoms with Crippen molar-refractivity contribution in [3.63, 3.8) is 0 Å². The summed E-state index contributed by atoms with van der Waals surface area (Å²) in [5.41, 5.74) is 8.58. The van der Waals surface area contributed by atoms with Crippen molar-refractivity contribution in [2.24, 2.45) is 10.7 Å². The minimum Gasteiger partial charge on any atom is -0.403 e. The quantitative estimate of drug-likeness (QED) is 0.737. The molecule has 0 aromatic heterocycles. The summed E-state index contributed by atoms with van der Waals surface area (Å²) in [5.74, 6) is 0. The molecule has 0 aliphatic heterocycles. The lowest BCUT2D eigenvalue weighted by Gasteiger charge is -2.06. The average molecular weight is 203 g/mol. The van der Waals surface area contributed by atoms with Crippen LogP contribution in [0, 0.1) is 0 Å². The summed E-state index contributed by atoms with van der Waals surface area (Å²) < 4.78 is 0. The zero-order valence-corrected chi connectivity index (χ0v) is 9.20. The van der Waals surface area contributed by atoms with Crippen LogP contribution in [-0.2, 0) is 6.42 Å². The van der Waals surface area contributed by atoms with Gasteiger partial charge < -0.3 is 11.1 Å². The van der Waals surface area contributed by atoms with Gasteiger partial charge in [0.25, 0.3) is 0 Å². The zero-order chi connectivity index (χ0) is 11.1. The van der Waals surface area contributed by atoms with E-state index in [1.807, 2.05) is 12.1 Å². The molecule has 0 fully saturated rings. The minimum atomic E-state index is 0.793. The third kappa shape index (κ3) is 3.46. The van der Waals surface area contributed by atoms with Crippen LogP contribution in [0.3, 0.4) is 0 Å². The molecular formula is C12H17N3. The van der Waals surface area contributed by atoms with Gasteiger partial charge in [0.15, 0.2) is 0 Å². The van der Waals surface area contributed by atoms with Crippen LogP contribution in [0.15, 0.2) is 41.2 Å². The number of hydrogen-bond acceptors (Lipinski definition) is 3. The summed E-state index contributed by atoms with van der Waals surface area (Å²) in [6.07, 6.45) is 4.24. The van der Waals surface area contributed by atoms with Gasteiger partial charge in [0.05, 0.1) is 5.70 Å². The second-order valence-corrected chi connectivity index (χ2v) is 3.18. The van der Waals surface area contributed by atoms with E-state index < -0.39 is 0 Å². The number of rotatable bonds is 4. The summed E-state index contributed by atoms with van der Waals surface area (Å²) in [4.78, 5) is 3.90. The Morgan fingerprint density at radius 1 is 1.40 bits per heavy atom. The number of benzene rings is 1. The van der Waals surface area contributed by atoms with Crippen LogP contribution in [-0.4, -0.2) is 13.3 Å². The van der Waals surface area contributed by atoms with Crippen molar-refractivity contribution in [3.05, 3.63) is 41.7 Å². The molecule has 0 bridgehead atoms. The number of nitrogens with one attached hydrogen (secondary N) is 1. The van der Waals surface area contributed by atoms with Crippen molar-refractivity contribution < 1.29 is 0 Å². The van der Waals surface area contributed by atoms with E-state index in [-0.39, 0.29) is 0 Å². The molecule has 0 aliphatic rings. The number of anilines is 1. The highest BCUT2D eigenvalue weighted by Gasteiger charge is 1.94. The van der Waals surface area contributed by atoms with Crippen LogP contribution in [0.5, 0.6) is 0 Å². The lowest BCUT2D eigenvalue weighted by Crippen LogP contribution is -2.03. The Bertz CT molecular complexity index is 350. The van der Waals surface area contributed by atoms with E-state index in [4.69, 9.17) is 5.73 Å². The molecule has 0 saturated heterocycles. The van der Waals surface area contributed by atoms with Crippen LogP contribution in [0.1, 0.15) is 12.5 Å². The molecule has 80 valence electrons. The van der Waals surface area contributed by atoms with Gasteiger partial charge in [-0.05, 0) is 24.1 Å². The number of aliphatic imine (C=N–C) groups is 1. The van der Waals surface area contributed by atoms with Gasteiger partial charge in [0, 0.05) is 25.1 Å². The Labute approximate surface area is 90.7 Å². The third-order valence-corrected chi connectivity index (χ3v) is 2.10. The van der Waals surface area contributed by atoms with E-state index in [0.717, 1.165) is 17.8 Å². The molecule has 3 nitrogen and oxygen atoms in total. The minimum absolute atomic E-state index is 0.793. The van der Waals surface area contributed by atoms with Crippen molar-refractivity contribution in [3.8, 4) is 0 Å².